The first-order valence-electron chi connectivity index (χ1n) is 6.27. The van der Waals surface area contributed by atoms with Gasteiger partial charge in [-0.05, 0) is 26.1 Å². The summed E-state index contributed by atoms with van der Waals surface area (Å²) in [6.45, 7) is 3.38. The first-order valence-corrected chi connectivity index (χ1v) is 6.27. The lowest BCUT2D eigenvalue weighted by Gasteiger charge is -2.22. The molecule has 2 atom stereocenters. The van der Waals surface area contributed by atoms with Gasteiger partial charge in [0.1, 0.15) is 11.6 Å². The Balaban J connectivity index is 2.19. The number of nitrogen functional groups attached to an aromatic ring is 1. The Bertz CT molecular complexity index is 492. The van der Waals surface area contributed by atoms with Crippen molar-refractivity contribution in [2.24, 2.45) is 5.92 Å². The molecular formula is C13H19FN4O. The molecule has 6 heteroatoms. The molecule has 1 aliphatic heterocycles. The summed E-state index contributed by atoms with van der Waals surface area (Å²) in [4.78, 5) is 19.9. The van der Waals surface area contributed by atoms with Gasteiger partial charge in [-0.15, -0.1) is 0 Å². The summed E-state index contributed by atoms with van der Waals surface area (Å²) < 4.78 is 13.2. The van der Waals surface area contributed by atoms with Gasteiger partial charge in [-0.25, -0.2) is 9.37 Å². The fourth-order valence-corrected chi connectivity index (χ4v) is 2.58. The summed E-state index contributed by atoms with van der Waals surface area (Å²) in [5, 5.41) is 0. The third kappa shape index (κ3) is 2.68. The van der Waals surface area contributed by atoms with E-state index in [-0.39, 0.29) is 17.3 Å². The second kappa shape index (κ2) is 5.13. The molecule has 1 aromatic rings. The van der Waals surface area contributed by atoms with Gasteiger partial charge in [0.2, 0.25) is 0 Å². The zero-order chi connectivity index (χ0) is 14.2. The molecule has 1 fully saturated rings. The standard InChI is InChI=1S/C13H19FN4O/c1-8-6-18(7-11(8)17(2)3)13(19)10-4-9(14)5-16-12(10)15/h4-5,8,11H,6-7H2,1-3H3,(H2,15,16). The minimum Gasteiger partial charge on any atom is -0.383 e. The van der Waals surface area contributed by atoms with Crippen LogP contribution in [0, 0.1) is 11.7 Å². The Morgan fingerprint density at radius 2 is 2.21 bits per heavy atom. The van der Waals surface area contributed by atoms with E-state index in [9.17, 15) is 9.18 Å². The van der Waals surface area contributed by atoms with Crippen LogP contribution >= 0.6 is 0 Å². The number of rotatable bonds is 2. The van der Waals surface area contributed by atoms with Gasteiger partial charge in [0.05, 0.1) is 11.8 Å². The summed E-state index contributed by atoms with van der Waals surface area (Å²) in [6.07, 6.45) is 1.02. The first kappa shape index (κ1) is 13.7. The maximum absolute atomic E-state index is 13.2. The van der Waals surface area contributed by atoms with Crippen LogP contribution in [0.4, 0.5) is 10.2 Å². The van der Waals surface area contributed by atoms with E-state index < -0.39 is 5.82 Å². The lowest BCUT2D eigenvalue weighted by atomic mass is 10.1. The van der Waals surface area contributed by atoms with E-state index in [4.69, 9.17) is 5.73 Å². The lowest BCUT2D eigenvalue weighted by molar-refractivity contribution is 0.0781. The maximum Gasteiger partial charge on any atom is 0.257 e. The van der Waals surface area contributed by atoms with Crippen molar-refractivity contribution in [1.82, 2.24) is 14.8 Å². The van der Waals surface area contributed by atoms with Crippen LogP contribution in [0.3, 0.4) is 0 Å². The number of pyridine rings is 1. The zero-order valence-electron chi connectivity index (χ0n) is 11.4. The summed E-state index contributed by atoms with van der Waals surface area (Å²) in [5.41, 5.74) is 5.80. The molecule has 2 unspecified atom stereocenters. The molecule has 1 saturated heterocycles. The van der Waals surface area contributed by atoms with Gasteiger partial charge in [0.25, 0.3) is 5.91 Å². The van der Waals surface area contributed by atoms with Gasteiger partial charge in [0, 0.05) is 19.1 Å². The van der Waals surface area contributed by atoms with Crippen LogP contribution in [0.25, 0.3) is 0 Å². The molecule has 0 aliphatic carbocycles. The van der Waals surface area contributed by atoms with E-state index in [2.05, 4.69) is 16.8 Å². The normalized spacial score (nSPS) is 23.1. The van der Waals surface area contributed by atoms with Gasteiger partial charge in [0.15, 0.2) is 0 Å². The fraction of sp³-hybridized carbons (Fsp3) is 0.538. The van der Waals surface area contributed by atoms with Crippen molar-refractivity contribution < 1.29 is 9.18 Å². The number of nitrogens with two attached hydrogens (primary N) is 1. The highest BCUT2D eigenvalue weighted by atomic mass is 19.1. The molecule has 0 spiro atoms. The average molecular weight is 266 g/mol. The number of likely N-dealkylation sites (tertiary alicyclic amines) is 1. The average Bonchev–Trinajstić information content (AvgIpc) is 2.74. The third-order valence-corrected chi connectivity index (χ3v) is 3.64. The number of anilines is 1. The molecule has 0 saturated carbocycles. The van der Waals surface area contributed by atoms with Gasteiger partial charge < -0.3 is 15.5 Å². The van der Waals surface area contributed by atoms with Crippen LogP contribution < -0.4 is 5.73 Å². The smallest absolute Gasteiger partial charge is 0.257 e. The largest absolute Gasteiger partial charge is 0.383 e. The fourth-order valence-electron chi connectivity index (χ4n) is 2.58. The molecule has 0 radical (unpaired) electrons. The van der Waals surface area contributed by atoms with Crippen molar-refractivity contribution in [3.05, 3.63) is 23.6 Å². The number of halogens is 1. The number of carbonyl (C=O) groups is 1. The predicted octanol–water partition coefficient (Wildman–Crippen LogP) is 0.825. The number of carbonyl (C=O) groups excluding carboxylic acids is 1. The molecule has 2 N–H and O–H groups in total. The quantitative estimate of drug-likeness (QED) is 0.861. The molecule has 0 bridgehead atoms. The molecule has 2 rings (SSSR count). The molecule has 19 heavy (non-hydrogen) atoms. The van der Waals surface area contributed by atoms with E-state index in [1.54, 1.807) is 4.90 Å². The second-order valence-electron chi connectivity index (χ2n) is 5.30. The van der Waals surface area contributed by atoms with Crippen LogP contribution in [0.5, 0.6) is 0 Å². The van der Waals surface area contributed by atoms with Crippen molar-refractivity contribution in [2.45, 2.75) is 13.0 Å². The summed E-state index contributed by atoms with van der Waals surface area (Å²) in [7, 11) is 3.99. The number of amides is 1. The molecule has 1 aromatic heterocycles. The van der Waals surface area contributed by atoms with Crippen LogP contribution in [0.1, 0.15) is 17.3 Å². The SMILES string of the molecule is CC1CN(C(=O)c2cc(F)cnc2N)CC1N(C)C. The Morgan fingerprint density at radius 3 is 2.79 bits per heavy atom. The molecule has 2 heterocycles. The highest BCUT2D eigenvalue weighted by Gasteiger charge is 2.34. The summed E-state index contributed by atoms with van der Waals surface area (Å²) in [6, 6.07) is 1.46. The van der Waals surface area contributed by atoms with Crippen molar-refractivity contribution in [1.29, 1.82) is 0 Å². The van der Waals surface area contributed by atoms with Crippen LogP contribution in [0.2, 0.25) is 0 Å². The van der Waals surface area contributed by atoms with Crippen LogP contribution in [-0.2, 0) is 0 Å². The Hall–Kier alpha value is -1.69. The Kier molecular flexibility index (Phi) is 3.71. The van der Waals surface area contributed by atoms with Gasteiger partial charge >= 0.3 is 0 Å². The molecule has 104 valence electrons. The number of hydrogen-bond acceptors (Lipinski definition) is 4. The van der Waals surface area contributed by atoms with E-state index in [1.807, 2.05) is 14.1 Å². The van der Waals surface area contributed by atoms with Gasteiger partial charge in [-0.3, -0.25) is 4.79 Å². The maximum atomic E-state index is 13.2. The van der Waals surface area contributed by atoms with E-state index in [0.717, 1.165) is 12.3 Å². The number of nitrogens with zero attached hydrogens (tertiary/aromatic N) is 3. The topological polar surface area (TPSA) is 62.5 Å². The van der Waals surface area contributed by atoms with Crippen molar-refractivity contribution in [3.63, 3.8) is 0 Å². The van der Waals surface area contributed by atoms with Crippen molar-refractivity contribution in [2.75, 3.05) is 32.9 Å². The lowest BCUT2D eigenvalue weighted by Crippen LogP contribution is -2.36. The van der Waals surface area contributed by atoms with E-state index in [0.29, 0.717) is 25.0 Å². The minimum atomic E-state index is -0.547. The number of likely N-dealkylation sites (N-methyl/N-ethyl adjacent to an activating group) is 1. The summed E-state index contributed by atoms with van der Waals surface area (Å²) >= 11 is 0. The monoisotopic (exact) mass is 266 g/mol. The van der Waals surface area contributed by atoms with E-state index >= 15 is 0 Å². The number of hydrogen-bond donors (Lipinski definition) is 1. The second-order valence-corrected chi connectivity index (χ2v) is 5.30. The van der Waals surface area contributed by atoms with Crippen LogP contribution in [0.15, 0.2) is 12.3 Å². The Morgan fingerprint density at radius 1 is 1.53 bits per heavy atom. The zero-order valence-corrected chi connectivity index (χ0v) is 11.4. The molecular weight excluding hydrogens is 247 g/mol. The van der Waals surface area contributed by atoms with Gasteiger partial charge in [-0.1, -0.05) is 6.92 Å². The van der Waals surface area contributed by atoms with Crippen molar-refractivity contribution in [3.8, 4) is 0 Å². The first-order chi connectivity index (χ1) is 8.90. The van der Waals surface area contributed by atoms with Gasteiger partial charge in [-0.2, -0.15) is 0 Å². The predicted molar refractivity (Wildman–Crippen MR) is 71.1 cm³/mol. The van der Waals surface area contributed by atoms with Crippen LogP contribution in [-0.4, -0.2) is 53.9 Å². The number of aromatic nitrogens is 1. The summed E-state index contributed by atoms with van der Waals surface area (Å²) in [5.74, 6) is -0.344. The highest BCUT2D eigenvalue weighted by Crippen LogP contribution is 2.23. The molecule has 0 aromatic carbocycles. The van der Waals surface area contributed by atoms with E-state index in [1.165, 1.54) is 0 Å². The molecule has 1 aliphatic rings. The molecule has 5 nitrogen and oxygen atoms in total. The van der Waals surface area contributed by atoms with Crippen molar-refractivity contribution >= 4 is 11.7 Å². The minimum absolute atomic E-state index is 0.0763. The molecule has 1 amide bonds. The third-order valence-electron chi connectivity index (χ3n) is 3.64. The Labute approximate surface area is 112 Å². The highest BCUT2D eigenvalue weighted by molar-refractivity contribution is 5.98.